The fraction of sp³-hybridized carbons (Fsp3) is 0.611. The van der Waals surface area contributed by atoms with Crippen LogP contribution in [0.1, 0.15) is 50.5 Å². The van der Waals surface area contributed by atoms with E-state index in [1.807, 2.05) is 0 Å². The molecule has 146 valence electrons. The van der Waals surface area contributed by atoms with E-state index in [0.717, 1.165) is 44.1 Å². The Balaban J connectivity index is 0.00000243. The number of sulfonamides is 1. The maximum absolute atomic E-state index is 12.1. The van der Waals surface area contributed by atoms with E-state index in [0.29, 0.717) is 12.8 Å². The van der Waals surface area contributed by atoms with Crippen molar-refractivity contribution >= 4 is 28.3 Å². The summed E-state index contributed by atoms with van der Waals surface area (Å²) in [5.74, 6) is 0.0487. The third-order valence-corrected chi connectivity index (χ3v) is 6.45. The Morgan fingerprint density at radius 1 is 1.00 bits per heavy atom. The summed E-state index contributed by atoms with van der Waals surface area (Å²) in [5, 5.41) is 3.07. The number of rotatable bonds is 7. The van der Waals surface area contributed by atoms with Crippen LogP contribution in [-0.4, -0.2) is 32.5 Å². The van der Waals surface area contributed by atoms with Crippen molar-refractivity contribution in [1.29, 1.82) is 0 Å². The van der Waals surface area contributed by atoms with Crippen LogP contribution in [0.25, 0.3) is 0 Å². The van der Waals surface area contributed by atoms with E-state index < -0.39 is 10.0 Å². The summed E-state index contributed by atoms with van der Waals surface area (Å²) in [5.41, 5.74) is 6.84. The molecule has 4 N–H and O–H groups in total. The van der Waals surface area contributed by atoms with Crippen LogP contribution in [0.3, 0.4) is 0 Å². The number of carbonyl (C=O) groups excluding carboxylic acids is 1. The molecule has 0 saturated heterocycles. The summed E-state index contributed by atoms with van der Waals surface area (Å²) in [6.07, 6.45) is 6.69. The van der Waals surface area contributed by atoms with Crippen LogP contribution >= 0.6 is 12.4 Å². The number of hydrogen-bond donors (Lipinski definition) is 3. The minimum absolute atomic E-state index is 0. The van der Waals surface area contributed by atoms with Crippen LogP contribution in [0.15, 0.2) is 29.2 Å². The van der Waals surface area contributed by atoms with Gasteiger partial charge in [-0.25, -0.2) is 13.1 Å². The van der Waals surface area contributed by atoms with Crippen molar-refractivity contribution in [1.82, 2.24) is 10.0 Å². The summed E-state index contributed by atoms with van der Waals surface area (Å²) in [7, 11) is -3.41. The average Bonchev–Trinajstić information content (AvgIpc) is 3.39. The summed E-state index contributed by atoms with van der Waals surface area (Å²) >= 11 is 0. The molecule has 0 atom stereocenters. The lowest BCUT2D eigenvalue weighted by atomic mass is 9.92. The summed E-state index contributed by atoms with van der Waals surface area (Å²) in [4.78, 5) is 12.4. The minimum atomic E-state index is -3.41. The average molecular weight is 402 g/mol. The summed E-state index contributed by atoms with van der Waals surface area (Å²) < 4.78 is 26.9. The van der Waals surface area contributed by atoms with E-state index in [-0.39, 0.29) is 41.3 Å². The highest BCUT2D eigenvalue weighted by atomic mass is 35.5. The van der Waals surface area contributed by atoms with Gasteiger partial charge in [-0.05, 0) is 62.6 Å². The third-order valence-electron chi connectivity index (χ3n) is 4.91. The monoisotopic (exact) mass is 401 g/mol. The van der Waals surface area contributed by atoms with E-state index in [4.69, 9.17) is 5.73 Å². The highest BCUT2D eigenvalue weighted by molar-refractivity contribution is 7.89. The van der Waals surface area contributed by atoms with Crippen LogP contribution in [0, 0.1) is 0 Å². The second kappa shape index (κ2) is 9.17. The Kier molecular flexibility index (Phi) is 7.46. The Bertz CT molecular complexity index is 697. The number of amides is 1. The standard InChI is InChI=1S/C18H27N3O3S.ClH/c19-14-4-6-15(7-5-14)20-18(22)12-3-13-1-10-17(11-2-13)25(23,24)21-16-8-9-16;/h1-2,10-11,14-16,21H,3-9,12,19H2,(H,20,22);1H. The predicted molar refractivity (Wildman–Crippen MR) is 104 cm³/mol. The lowest BCUT2D eigenvalue weighted by Crippen LogP contribution is -2.40. The molecule has 0 aliphatic heterocycles. The largest absolute Gasteiger partial charge is 0.353 e. The number of aryl methyl sites for hydroxylation is 1. The maximum Gasteiger partial charge on any atom is 0.240 e. The molecule has 1 aromatic carbocycles. The topological polar surface area (TPSA) is 101 Å². The Morgan fingerprint density at radius 2 is 1.58 bits per heavy atom. The van der Waals surface area contributed by atoms with Gasteiger partial charge in [-0.3, -0.25) is 4.79 Å². The molecule has 2 fully saturated rings. The molecule has 26 heavy (non-hydrogen) atoms. The second-order valence-corrected chi connectivity index (χ2v) is 8.93. The molecule has 1 amide bonds. The first kappa shape index (κ1) is 21.2. The van der Waals surface area contributed by atoms with E-state index in [1.165, 1.54) is 0 Å². The molecule has 2 aliphatic rings. The van der Waals surface area contributed by atoms with Gasteiger partial charge in [0.2, 0.25) is 15.9 Å². The molecule has 0 bridgehead atoms. The molecule has 8 heteroatoms. The first-order chi connectivity index (χ1) is 11.9. The molecule has 6 nitrogen and oxygen atoms in total. The molecule has 0 spiro atoms. The van der Waals surface area contributed by atoms with Crippen molar-refractivity contribution < 1.29 is 13.2 Å². The number of nitrogens with two attached hydrogens (primary N) is 1. The van der Waals surface area contributed by atoms with Crippen LogP contribution in [0.2, 0.25) is 0 Å². The molecule has 2 saturated carbocycles. The van der Waals surface area contributed by atoms with Gasteiger partial charge >= 0.3 is 0 Å². The number of hydrogen-bond acceptors (Lipinski definition) is 4. The molecule has 0 unspecified atom stereocenters. The van der Waals surface area contributed by atoms with Gasteiger partial charge in [-0.15, -0.1) is 12.4 Å². The number of nitrogens with one attached hydrogen (secondary N) is 2. The molecule has 0 heterocycles. The van der Waals surface area contributed by atoms with Crippen molar-refractivity contribution in [3.05, 3.63) is 29.8 Å². The van der Waals surface area contributed by atoms with E-state index >= 15 is 0 Å². The van der Waals surface area contributed by atoms with Gasteiger partial charge in [0.15, 0.2) is 0 Å². The molecule has 2 aliphatic carbocycles. The van der Waals surface area contributed by atoms with Crippen molar-refractivity contribution in [2.45, 2.75) is 74.4 Å². The SMILES string of the molecule is Cl.NC1CCC(NC(=O)CCc2ccc(S(=O)(=O)NC3CC3)cc2)CC1. The fourth-order valence-electron chi connectivity index (χ4n) is 3.15. The number of halogens is 1. The highest BCUT2D eigenvalue weighted by Crippen LogP contribution is 2.22. The minimum Gasteiger partial charge on any atom is -0.353 e. The Labute approximate surface area is 161 Å². The fourth-order valence-corrected chi connectivity index (χ4v) is 4.45. The summed E-state index contributed by atoms with van der Waals surface area (Å²) in [6.45, 7) is 0. The van der Waals surface area contributed by atoms with Gasteiger partial charge in [-0.1, -0.05) is 12.1 Å². The van der Waals surface area contributed by atoms with Crippen LogP contribution in [0.4, 0.5) is 0 Å². The van der Waals surface area contributed by atoms with Gasteiger partial charge in [0, 0.05) is 24.5 Å². The van der Waals surface area contributed by atoms with E-state index in [1.54, 1.807) is 24.3 Å². The van der Waals surface area contributed by atoms with E-state index in [9.17, 15) is 13.2 Å². The zero-order valence-electron chi connectivity index (χ0n) is 14.8. The van der Waals surface area contributed by atoms with Crippen LogP contribution < -0.4 is 15.8 Å². The summed E-state index contributed by atoms with van der Waals surface area (Å²) in [6, 6.07) is 7.41. The molecule has 0 aromatic heterocycles. The second-order valence-electron chi connectivity index (χ2n) is 7.22. The first-order valence-corrected chi connectivity index (χ1v) is 10.6. The van der Waals surface area contributed by atoms with Crippen molar-refractivity contribution in [2.24, 2.45) is 5.73 Å². The quantitative estimate of drug-likeness (QED) is 0.649. The van der Waals surface area contributed by atoms with Crippen LogP contribution in [-0.2, 0) is 21.2 Å². The molecular formula is C18H28ClN3O3S. The maximum atomic E-state index is 12.1. The molecule has 1 aromatic rings. The van der Waals surface area contributed by atoms with Gasteiger partial charge in [0.05, 0.1) is 4.90 Å². The van der Waals surface area contributed by atoms with Gasteiger partial charge in [0.1, 0.15) is 0 Å². The lowest BCUT2D eigenvalue weighted by Gasteiger charge is -2.26. The van der Waals surface area contributed by atoms with Crippen molar-refractivity contribution in [3.8, 4) is 0 Å². The highest BCUT2D eigenvalue weighted by Gasteiger charge is 2.27. The smallest absolute Gasteiger partial charge is 0.240 e. The van der Waals surface area contributed by atoms with Crippen molar-refractivity contribution in [2.75, 3.05) is 0 Å². The number of benzene rings is 1. The zero-order valence-corrected chi connectivity index (χ0v) is 16.4. The van der Waals surface area contributed by atoms with Gasteiger partial charge in [-0.2, -0.15) is 0 Å². The van der Waals surface area contributed by atoms with Crippen molar-refractivity contribution in [3.63, 3.8) is 0 Å². The van der Waals surface area contributed by atoms with E-state index in [2.05, 4.69) is 10.0 Å². The Hall–Kier alpha value is -1.15. The molecule has 0 radical (unpaired) electrons. The van der Waals surface area contributed by atoms with Crippen LogP contribution in [0.5, 0.6) is 0 Å². The van der Waals surface area contributed by atoms with Gasteiger partial charge < -0.3 is 11.1 Å². The zero-order chi connectivity index (χ0) is 17.9. The molecular weight excluding hydrogens is 374 g/mol. The Morgan fingerprint density at radius 3 is 2.15 bits per heavy atom. The third kappa shape index (κ3) is 6.23. The number of carbonyl (C=O) groups is 1. The molecule has 3 rings (SSSR count). The first-order valence-electron chi connectivity index (χ1n) is 9.08. The predicted octanol–water partition coefficient (Wildman–Crippen LogP) is 1.87. The normalized spacial score (nSPS) is 23.1. The lowest BCUT2D eigenvalue weighted by molar-refractivity contribution is -0.122. The van der Waals surface area contributed by atoms with Gasteiger partial charge in [0.25, 0.3) is 0 Å².